The van der Waals surface area contributed by atoms with E-state index in [0.29, 0.717) is 17.9 Å². The molecular formula is C23H31N3O. The van der Waals surface area contributed by atoms with E-state index in [1.54, 1.807) is 7.11 Å². The minimum Gasteiger partial charge on any atom is -0.497 e. The molecule has 1 heterocycles. The average Bonchev–Trinajstić information content (AvgIpc) is 2.70. The molecule has 2 aliphatic rings. The molecular weight excluding hydrogens is 334 g/mol. The minimum absolute atomic E-state index is 0.376. The second-order valence-electron chi connectivity index (χ2n) is 8.42. The van der Waals surface area contributed by atoms with Crippen LogP contribution in [0.3, 0.4) is 0 Å². The van der Waals surface area contributed by atoms with E-state index in [2.05, 4.69) is 53.4 Å². The van der Waals surface area contributed by atoms with Gasteiger partial charge in [-0.15, -0.1) is 0 Å². The highest BCUT2D eigenvalue weighted by Crippen LogP contribution is 2.54. The molecule has 4 atom stereocenters. The summed E-state index contributed by atoms with van der Waals surface area (Å²) in [5.74, 6) is 4.47. The molecule has 2 aliphatic carbocycles. The van der Waals surface area contributed by atoms with Crippen molar-refractivity contribution in [3.8, 4) is 5.75 Å². The molecule has 1 aromatic carbocycles. The summed E-state index contributed by atoms with van der Waals surface area (Å²) >= 11 is 0. The molecule has 2 saturated carbocycles. The highest BCUT2D eigenvalue weighted by Gasteiger charge is 2.50. The fraction of sp³-hybridized carbons (Fsp3) is 0.565. The normalized spacial score (nSPS) is 27.1. The number of aromatic nitrogens is 2. The van der Waals surface area contributed by atoms with Gasteiger partial charge in [0, 0.05) is 42.4 Å². The second-order valence-corrected chi connectivity index (χ2v) is 8.42. The first kappa shape index (κ1) is 18.4. The Morgan fingerprint density at radius 3 is 2.33 bits per heavy atom. The quantitative estimate of drug-likeness (QED) is 0.808. The molecule has 0 spiro atoms. The van der Waals surface area contributed by atoms with Crippen LogP contribution >= 0.6 is 0 Å². The lowest BCUT2D eigenvalue weighted by Gasteiger charge is -2.55. The predicted octanol–water partition coefficient (Wildman–Crippen LogP) is 4.67. The molecule has 2 aromatic rings. The van der Waals surface area contributed by atoms with Crippen molar-refractivity contribution in [2.24, 2.45) is 11.8 Å². The summed E-state index contributed by atoms with van der Waals surface area (Å²) in [5, 5.41) is 3.85. The van der Waals surface area contributed by atoms with E-state index in [1.165, 1.54) is 36.8 Å². The molecule has 4 heteroatoms. The van der Waals surface area contributed by atoms with Crippen LogP contribution in [0.4, 0.5) is 0 Å². The zero-order valence-corrected chi connectivity index (χ0v) is 16.7. The van der Waals surface area contributed by atoms with Crippen molar-refractivity contribution in [1.29, 1.82) is 0 Å². The largest absolute Gasteiger partial charge is 0.497 e. The molecule has 0 saturated heterocycles. The van der Waals surface area contributed by atoms with Gasteiger partial charge in [-0.05, 0) is 42.4 Å². The summed E-state index contributed by atoms with van der Waals surface area (Å²) in [4.78, 5) is 9.03. The van der Waals surface area contributed by atoms with Crippen molar-refractivity contribution in [3.05, 3.63) is 53.6 Å². The van der Waals surface area contributed by atoms with Crippen molar-refractivity contribution in [2.75, 3.05) is 7.11 Å². The van der Waals surface area contributed by atoms with Crippen LogP contribution in [0.5, 0.6) is 5.75 Å². The topological polar surface area (TPSA) is 47.0 Å². The van der Waals surface area contributed by atoms with Crippen molar-refractivity contribution < 1.29 is 4.74 Å². The zero-order chi connectivity index (χ0) is 18.8. The van der Waals surface area contributed by atoms with Crippen molar-refractivity contribution >= 4 is 0 Å². The Morgan fingerprint density at radius 1 is 1.04 bits per heavy atom. The monoisotopic (exact) mass is 365 g/mol. The summed E-state index contributed by atoms with van der Waals surface area (Å²) in [6, 6.07) is 9.25. The van der Waals surface area contributed by atoms with Crippen LogP contribution < -0.4 is 10.1 Å². The predicted molar refractivity (Wildman–Crippen MR) is 108 cm³/mol. The molecule has 144 valence electrons. The van der Waals surface area contributed by atoms with Crippen LogP contribution in [-0.4, -0.2) is 23.1 Å². The van der Waals surface area contributed by atoms with E-state index in [4.69, 9.17) is 4.74 Å². The number of hydrogen-bond acceptors (Lipinski definition) is 4. The number of fused-ring (bicyclic) bond motifs is 1. The molecule has 27 heavy (non-hydrogen) atoms. The first-order valence-electron chi connectivity index (χ1n) is 10.4. The van der Waals surface area contributed by atoms with Gasteiger partial charge in [-0.2, -0.15) is 0 Å². The first-order chi connectivity index (χ1) is 13.2. The van der Waals surface area contributed by atoms with Gasteiger partial charge in [-0.1, -0.05) is 38.8 Å². The van der Waals surface area contributed by atoms with E-state index in [-0.39, 0.29) is 0 Å². The molecule has 0 bridgehead atoms. The maximum Gasteiger partial charge on any atom is 0.130 e. The summed E-state index contributed by atoms with van der Waals surface area (Å²) in [7, 11) is 1.73. The smallest absolute Gasteiger partial charge is 0.130 e. The molecule has 0 radical (unpaired) electrons. The lowest BCUT2D eigenvalue weighted by molar-refractivity contribution is 0.0253. The lowest BCUT2D eigenvalue weighted by atomic mass is 9.53. The van der Waals surface area contributed by atoms with Crippen molar-refractivity contribution in [1.82, 2.24) is 15.3 Å². The summed E-state index contributed by atoms with van der Waals surface area (Å²) in [6.07, 6.45) is 9.44. The van der Waals surface area contributed by atoms with Crippen LogP contribution in [0.15, 0.2) is 36.7 Å². The highest BCUT2D eigenvalue weighted by atomic mass is 16.5. The Hall–Kier alpha value is -1.94. The number of nitrogens with zero attached hydrogens (tertiary/aromatic N) is 2. The SMILES string of the molecule is COc1ccc([C@H]2[C@H]3CCCC[C@@H]3[C@@H]2NCc2cnc(C(C)C)nc2)cc1. The number of ether oxygens (including phenoxy) is 1. The Labute approximate surface area is 162 Å². The highest BCUT2D eigenvalue weighted by molar-refractivity contribution is 5.33. The Kier molecular flexibility index (Phi) is 5.44. The van der Waals surface area contributed by atoms with Gasteiger partial charge in [0.2, 0.25) is 0 Å². The average molecular weight is 366 g/mol. The molecule has 0 unspecified atom stereocenters. The number of rotatable bonds is 6. The molecule has 4 rings (SSSR count). The van der Waals surface area contributed by atoms with Gasteiger partial charge in [0.05, 0.1) is 7.11 Å². The van der Waals surface area contributed by atoms with E-state index in [1.807, 2.05) is 12.4 Å². The third kappa shape index (κ3) is 3.73. The zero-order valence-electron chi connectivity index (χ0n) is 16.7. The van der Waals surface area contributed by atoms with E-state index < -0.39 is 0 Å². The van der Waals surface area contributed by atoms with Crippen LogP contribution in [0, 0.1) is 11.8 Å². The Balaban J connectivity index is 1.46. The lowest BCUT2D eigenvalue weighted by Crippen LogP contribution is -2.57. The third-order valence-electron chi connectivity index (χ3n) is 6.47. The molecule has 1 aromatic heterocycles. The maximum absolute atomic E-state index is 5.34. The number of hydrogen-bond donors (Lipinski definition) is 1. The Bertz CT molecular complexity index is 741. The summed E-state index contributed by atoms with van der Waals surface area (Å²) < 4.78 is 5.34. The fourth-order valence-electron chi connectivity index (χ4n) is 5.02. The van der Waals surface area contributed by atoms with Crippen LogP contribution in [-0.2, 0) is 6.54 Å². The number of nitrogens with one attached hydrogen (secondary N) is 1. The molecule has 0 aliphatic heterocycles. The van der Waals surface area contributed by atoms with Gasteiger partial charge in [-0.25, -0.2) is 9.97 Å². The molecule has 0 amide bonds. The van der Waals surface area contributed by atoms with E-state index in [9.17, 15) is 0 Å². The number of methoxy groups -OCH3 is 1. The van der Waals surface area contributed by atoms with Gasteiger partial charge < -0.3 is 10.1 Å². The maximum atomic E-state index is 5.34. The number of benzene rings is 1. The van der Waals surface area contributed by atoms with Gasteiger partial charge in [-0.3, -0.25) is 0 Å². The molecule has 2 fully saturated rings. The van der Waals surface area contributed by atoms with Crippen molar-refractivity contribution in [3.63, 3.8) is 0 Å². The van der Waals surface area contributed by atoms with Gasteiger partial charge in [0.25, 0.3) is 0 Å². The molecule has 1 N–H and O–H groups in total. The van der Waals surface area contributed by atoms with Crippen LogP contribution in [0.25, 0.3) is 0 Å². The van der Waals surface area contributed by atoms with Gasteiger partial charge in [0.1, 0.15) is 11.6 Å². The van der Waals surface area contributed by atoms with Crippen molar-refractivity contribution in [2.45, 2.75) is 64.0 Å². The van der Waals surface area contributed by atoms with Gasteiger partial charge >= 0.3 is 0 Å². The van der Waals surface area contributed by atoms with E-state index >= 15 is 0 Å². The minimum atomic E-state index is 0.376. The Morgan fingerprint density at radius 2 is 1.70 bits per heavy atom. The summed E-state index contributed by atoms with van der Waals surface area (Å²) in [6.45, 7) is 5.10. The standard InChI is InChI=1S/C23H31N3O/c1-15(2)23-25-13-16(14-26-23)12-24-22-20-7-5-4-6-19(20)21(22)17-8-10-18(27-3)11-9-17/h8-11,13-15,19-22,24H,4-7,12H2,1-3H3/t19-,20-,21-,22-/m0/s1. The summed E-state index contributed by atoms with van der Waals surface area (Å²) in [5.41, 5.74) is 2.62. The third-order valence-corrected chi connectivity index (χ3v) is 6.47. The van der Waals surface area contributed by atoms with Crippen LogP contribution in [0.1, 0.15) is 68.3 Å². The van der Waals surface area contributed by atoms with Gasteiger partial charge in [0.15, 0.2) is 0 Å². The first-order valence-corrected chi connectivity index (χ1v) is 10.4. The van der Waals surface area contributed by atoms with E-state index in [0.717, 1.165) is 30.0 Å². The second kappa shape index (κ2) is 7.97. The van der Waals surface area contributed by atoms with Crippen LogP contribution in [0.2, 0.25) is 0 Å². The molecule has 4 nitrogen and oxygen atoms in total. The fourth-order valence-corrected chi connectivity index (χ4v) is 5.02.